The average Bonchev–Trinajstić information content (AvgIpc) is 2.58. The first kappa shape index (κ1) is 17.8. The minimum absolute atomic E-state index is 0.169. The predicted octanol–water partition coefficient (Wildman–Crippen LogP) is 4.88. The van der Waals surface area contributed by atoms with E-state index in [-0.39, 0.29) is 11.6 Å². The van der Waals surface area contributed by atoms with Crippen LogP contribution < -0.4 is 10.6 Å². The van der Waals surface area contributed by atoms with Crippen LogP contribution in [0.2, 0.25) is 5.02 Å². The van der Waals surface area contributed by atoms with E-state index < -0.39 is 11.7 Å². The monoisotopic (exact) mass is 370 g/mol. The Kier molecular flexibility index (Phi) is 5.14. The second-order valence-corrected chi connectivity index (χ2v) is 6.18. The number of nitrogens with zero attached hydrogens (tertiary/aromatic N) is 2. The Bertz CT molecular complexity index is 978. The summed E-state index contributed by atoms with van der Waals surface area (Å²) in [6.45, 7) is 3.66. The first-order valence-corrected chi connectivity index (χ1v) is 8.24. The standard InChI is InChI=1S/C19H16ClFN4O/c1-11-6-7-15(10-16(11)20)24-19-22-12(2)8-17(25-19)18(26)23-14-5-3-4-13(21)9-14/h3-10H,1-2H3,(H,23,26)(H,22,24,25). The molecule has 3 rings (SSSR count). The summed E-state index contributed by atoms with van der Waals surface area (Å²) in [4.78, 5) is 20.9. The number of aryl methyl sites for hydroxylation is 2. The van der Waals surface area contributed by atoms with Gasteiger partial charge < -0.3 is 10.6 Å². The molecule has 2 N–H and O–H groups in total. The lowest BCUT2D eigenvalue weighted by atomic mass is 10.2. The number of hydrogen-bond acceptors (Lipinski definition) is 4. The summed E-state index contributed by atoms with van der Waals surface area (Å²) in [6, 6.07) is 12.7. The quantitative estimate of drug-likeness (QED) is 0.686. The van der Waals surface area contributed by atoms with Gasteiger partial charge in [-0.2, -0.15) is 0 Å². The maximum Gasteiger partial charge on any atom is 0.274 e. The molecule has 0 saturated heterocycles. The fourth-order valence-electron chi connectivity index (χ4n) is 2.30. The average molecular weight is 371 g/mol. The summed E-state index contributed by atoms with van der Waals surface area (Å²) in [7, 11) is 0. The van der Waals surface area contributed by atoms with E-state index in [0.29, 0.717) is 22.1 Å². The smallest absolute Gasteiger partial charge is 0.274 e. The van der Waals surface area contributed by atoms with E-state index in [2.05, 4.69) is 20.6 Å². The van der Waals surface area contributed by atoms with Crippen LogP contribution in [0.15, 0.2) is 48.5 Å². The van der Waals surface area contributed by atoms with Crippen molar-refractivity contribution in [1.29, 1.82) is 0 Å². The van der Waals surface area contributed by atoms with Gasteiger partial charge in [0.15, 0.2) is 0 Å². The zero-order chi connectivity index (χ0) is 18.7. The number of aromatic nitrogens is 2. The summed E-state index contributed by atoms with van der Waals surface area (Å²) >= 11 is 6.12. The van der Waals surface area contributed by atoms with E-state index in [4.69, 9.17) is 11.6 Å². The number of carbonyl (C=O) groups is 1. The number of anilines is 3. The Morgan fingerprint density at radius 2 is 1.85 bits per heavy atom. The molecule has 132 valence electrons. The topological polar surface area (TPSA) is 66.9 Å². The van der Waals surface area contributed by atoms with Crippen LogP contribution in [0.5, 0.6) is 0 Å². The minimum atomic E-state index is -0.453. The Morgan fingerprint density at radius 3 is 2.58 bits per heavy atom. The van der Waals surface area contributed by atoms with Crippen molar-refractivity contribution in [3.63, 3.8) is 0 Å². The summed E-state index contributed by atoms with van der Waals surface area (Å²) in [5.41, 5.74) is 2.80. The van der Waals surface area contributed by atoms with Crippen LogP contribution in [-0.4, -0.2) is 15.9 Å². The molecular formula is C19H16ClFN4O. The lowest BCUT2D eigenvalue weighted by Gasteiger charge is -2.10. The van der Waals surface area contributed by atoms with Crippen molar-refractivity contribution in [3.05, 3.63) is 76.3 Å². The third kappa shape index (κ3) is 4.34. The van der Waals surface area contributed by atoms with E-state index in [1.165, 1.54) is 18.2 Å². The van der Waals surface area contributed by atoms with Gasteiger partial charge in [-0.15, -0.1) is 0 Å². The fraction of sp³-hybridized carbons (Fsp3) is 0.105. The van der Waals surface area contributed by atoms with E-state index in [9.17, 15) is 9.18 Å². The molecule has 3 aromatic rings. The zero-order valence-corrected chi connectivity index (χ0v) is 14.9. The number of benzene rings is 2. The van der Waals surface area contributed by atoms with Crippen molar-refractivity contribution in [2.75, 3.05) is 10.6 Å². The van der Waals surface area contributed by atoms with Gasteiger partial charge in [0.2, 0.25) is 5.95 Å². The Morgan fingerprint density at radius 1 is 1.04 bits per heavy atom. The molecule has 0 atom stereocenters. The van der Waals surface area contributed by atoms with Crippen molar-refractivity contribution in [2.24, 2.45) is 0 Å². The predicted molar refractivity (Wildman–Crippen MR) is 101 cm³/mol. The van der Waals surface area contributed by atoms with Crippen LogP contribution in [0.3, 0.4) is 0 Å². The molecular weight excluding hydrogens is 355 g/mol. The molecule has 0 spiro atoms. The van der Waals surface area contributed by atoms with Crippen molar-refractivity contribution in [3.8, 4) is 0 Å². The lowest BCUT2D eigenvalue weighted by Crippen LogP contribution is -2.15. The molecule has 1 aromatic heterocycles. The maximum absolute atomic E-state index is 13.3. The first-order valence-electron chi connectivity index (χ1n) is 7.86. The number of halogens is 2. The lowest BCUT2D eigenvalue weighted by molar-refractivity contribution is 0.102. The van der Waals surface area contributed by atoms with Gasteiger partial charge in [0.05, 0.1) is 0 Å². The molecule has 5 nitrogen and oxygen atoms in total. The highest BCUT2D eigenvalue weighted by Gasteiger charge is 2.12. The van der Waals surface area contributed by atoms with Gasteiger partial charge in [0.25, 0.3) is 5.91 Å². The molecule has 0 aliphatic carbocycles. The van der Waals surface area contributed by atoms with Gasteiger partial charge in [0, 0.05) is 22.1 Å². The van der Waals surface area contributed by atoms with Crippen LogP contribution in [0.4, 0.5) is 21.7 Å². The third-order valence-corrected chi connectivity index (χ3v) is 4.00. The molecule has 1 amide bonds. The molecule has 0 saturated carbocycles. The molecule has 0 unspecified atom stereocenters. The Balaban J connectivity index is 1.82. The molecule has 0 bridgehead atoms. The highest BCUT2D eigenvalue weighted by atomic mass is 35.5. The minimum Gasteiger partial charge on any atom is -0.324 e. The SMILES string of the molecule is Cc1cc(C(=O)Nc2cccc(F)c2)nc(Nc2ccc(C)c(Cl)c2)n1. The highest BCUT2D eigenvalue weighted by molar-refractivity contribution is 6.31. The normalized spacial score (nSPS) is 10.5. The van der Waals surface area contributed by atoms with Gasteiger partial charge in [-0.25, -0.2) is 14.4 Å². The van der Waals surface area contributed by atoms with Gasteiger partial charge >= 0.3 is 0 Å². The fourth-order valence-corrected chi connectivity index (χ4v) is 2.48. The summed E-state index contributed by atoms with van der Waals surface area (Å²) in [6.07, 6.45) is 0. The van der Waals surface area contributed by atoms with Crippen molar-refractivity contribution in [1.82, 2.24) is 9.97 Å². The summed E-state index contributed by atoms with van der Waals surface area (Å²) < 4.78 is 13.3. The van der Waals surface area contributed by atoms with Crippen LogP contribution in [0, 0.1) is 19.7 Å². The highest BCUT2D eigenvalue weighted by Crippen LogP contribution is 2.22. The molecule has 0 fully saturated rings. The second-order valence-electron chi connectivity index (χ2n) is 5.77. The van der Waals surface area contributed by atoms with E-state index >= 15 is 0 Å². The van der Waals surface area contributed by atoms with Crippen LogP contribution in [-0.2, 0) is 0 Å². The molecule has 0 radical (unpaired) electrons. The van der Waals surface area contributed by atoms with E-state index in [1.807, 2.05) is 19.1 Å². The van der Waals surface area contributed by atoms with E-state index in [0.717, 1.165) is 5.56 Å². The number of rotatable bonds is 4. The maximum atomic E-state index is 13.3. The molecule has 26 heavy (non-hydrogen) atoms. The van der Waals surface area contributed by atoms with E-state index in [1.54, 1.807) is 25.1 Å². The summed E-state index contributed by atoms with van der Waals surface area (Å²) in [5.74, 6) is -0.610. The molecule has 7 heteroatoms. The largest absolute Gasteiger partial charge is 0.324 e. The summed E-state index contributed by atoms with van der Waals surface area (Å²) in [5, 5.41) is 6.27. The van der Waals surface area contributed by atoms with Crippen molar-refractivity contribution < 1.29 is 9.18 Å². The Hall–Kier alpha value is -2.99. The molecule has 0 aliphatic rings. The van der Waals surface area contributed by atoms with Gasteiger partial charge in [-0.1, -0.05) is 23.7 Å². The van der Waals surface area contributed by atoms with Crippen molar-refractivity contribution in [2.45, 2.75) is 13.8 Å². The second kappa shape index (κ2) is 7.49. The molecule has 2 aromatic carbocycles. The zero-order valence-electron chi connectivity index (χ0n) is 14.2. The first-order chi connectivity index (χ1) is 12.4. The van der Waals surface area contributed by atoms with Crippen LogP contribution in [0.1, 0.15) is 21.7 Å². The number of carbonyl (C=O) groups excluding carboxylic acids is 1. The van der Waals surface area contributed by atoms with Gasteiger partial charge in [-0.05, 0) is 55.8 Å². The van der Waals surface area contributed by atoms with Gasteiger partial charge in [-0.3, -0.25) is 4.79 Å². The number of nitrogens with one attached hydrogen (secondary N) is 2. The number of hydrogen-bond donors (Lipinski definition) is 2. The molecule has 1 heterocycles. The molecule has 0 aliphatic heterocycles. The number of amides is 1. The third-order valence-electron chi connectivity index (χ3n) is 3.60. The van der Waals surface area contributed by atoms with Crippen LogP contribution in [0.25, 0.3) is 0 Å². The van der Waals surface area contributed by atoms with Crippen LogP contribution >= 0.6 is 11.6 Å². The Labute approximate surface area is 155 Å². The van der Waals surface area contributed by atoms with Crippen molar-refractivity contribution >= 4 is 34.8 Å². The van der Waals surface area contributed by atoms with Gasteiger partial charge in [0.1, 0.15) is 11.5 Å².